The van der Waals surface area contributed by atoms with Crippen LogP contribution in [-0.4, -0.2) is 15.0 Å². The van der Waals surface area contributed by atoms with Gasteiger partial charge in [0.1, 0.15) is 5.75 Å². The number of fused-ring (bicyclic) bond motifs is 2. The summed E-state index contributed by atoms with van der Waals surface area (Å²) in [4.78, 5) is 16.7. The van der Waals surface area contributed by atoms with Gasteiger partial charge >= 0.3 is 0 Å². The summed E-state index contributed by atoms with van der Waals surface area (Å²) in [6, 6.07) is 32.1. The molecule has 0 saturated carbocycles. The Balaban J connectivity index is 1.53. The van der Waals surface area contributed by atoms with Crippen molar-refractivity contribution in [1.82, 2.24) is 15.0 Å². The summed E-state index contributed by atoms with van der Waals surface area (Å²) >= 11 is 5.20. The first-order chi connectivity index (χ1) is 16.2. The molecule has 0 atom stereocenters. The van der Waals surface area contributed by atoms with Gasteiger partial charge in [-0.3, -0.25) is 0 Å². The normalized spacial score (nSPS) is 11.9. The minimum absolute atomic E-state index is 0.582. The van der Waals surface area contributed by atoms with E-state index in [1.165, 1.54) is 0 Å². The Morgan fingerprint density at radius 1 is 0.576 bits per heavy atom. The fourth-order valence-corrected chi connectivity index (χ4v) is 4.91. The van der Waals surface area contributed by atoms with Crippen molar-refractivity contribution in [3.63, 3.8) is 0 Å². The van der Waals surface area contributed by atoms with Gasteiger partial charge in [-0.25, -0.2) is 15.0 Å². The van der Waals surface area contributed by atoms with E-state index in [0.29, 0.717) is 17.5 Å². The van der Waals surface area contributed by atoms with Crippen LogP contribution in [0.15, 0.2) is 111 Å². The molecule has 0 N–H and O–H groups in total. The molecule has 0 amide bonds. The van der Waals surface area contributed by atoms with Gasteiger partial charge in [0.05, 0.1) is 15.4 Å². The van der Waals surface area contributed by atoms with E-state index in [1.54, 1.807) is 11.8 Å². The second-order valence-corrected chi connectivity index (χ2v) is 9.46. The summed E-state index contributed by atoms with van der Waals surface area (Å²) < 4.78 is 7.35. The van der Waals surface area contributed by atoms with E-state index in [9.17, 15) is 0 Å². The standard InChI is InChI=1S/C27H16BrN3OS/c28-19-15-13-18(14-16-19)26-29-25(17-7-2-1-3-8-17)30-27(31-26)20-9-6-12-23-24(20)32-21-10-4-5-11-22(21)33-23/h1-16H. The van der Waals surface area contributed by atoms with Crippen LogP contribution < -0.4 is 4.74 Å². The Morgan fingerprint density at radius 3 is 2.00 bits per heavy atom. The Bertz CT molecular complexity index is 1470. The molecule has 0 spiro atoms. The lowest BCUT2D eigenvalue weighted by molar-refractivity contribution is 0.456. The first kappa shape index (κ1) is 20.1. The van der Waals surface area contributed by atoms with Gasteiger partial charge in [0, 0.05) is 15.6 Å². The van der Waals surface area contributed by atoms with Crippen LogP contribution in [-0.2, 0) is 0 Å². The number of rotatable bonds is 3. The maximum absolute atomic E-state index is 6.34. The molecule has 33 heavy (non-hydrogen) atoms. The fourth-order valence-electron chi connectivity index (χ4n) is 3.67. The number of benzene rings is 4. The second-order valence-electron chi connectivity index (χ2n) is 7.46. The SMILES string of the molecule is Brc1ccc(-c2nc(-c3ccccc3)nc(-c3cccc4c3Oc3ccccc3S4)n2)cc1. The van der Waals surface area contributed by atoms with Gasteiger partial charge in [0.15, 0.2) is 23.2 Å². The van der Waals surface area contributed by atoms with E-state index in [-0.39, 0.29) is 0 Å². The van der Waals surface area contributed by atoms with Crippen LogP contribution in [0.4, 0.5) is 0 Å². The second kappa shape index (κ2) is 8.46. The molecule has 2 heterocycles. The van der Waals surface area contributed by atoms with E-state index in [2.05, 4.69) is 28.1 Å². The molecule has 1 aliphatic rings. The molecule has 0 bridgehead atoms. The maximum atomic E-state index is 6.34. The summed E-state index contributed by atoms with van der Waals surface area (Å²) in [5, 5.41) is 0. The molecule has 1 aliphatic heterocycles. The van der Waals surface area contributed by atoms with E-state index < -0.39 is 0 Å². The summed E-state index contributed by atoms with van der Waals surface area (Å²) in [5.74, 6) is 3.44. The van der Waals surface area contributed by atoms with Crippen LogP contribution in [0.3, 0.4) is 0 Å². The minimum atomic E-state index is 0.582. The third-order valence-electron chi connectivity index (χ3n) is 5.27. The summed E-state index contributed by atoms with van der Waals surface area (Å²) in [6.07, 6.45) is 0. The average molecular weight is 510 g/mol. The molecule has 0 fully saturated rings. The monoisotopic (exact) mass is 509 g/mol. The molecular formula is C27H16BrN3OS. The van der Waals surface area contributed by atoms with Crippen LogP contribution in [0.5, 0.6) is 11.5 Å². The van der Waals surface area contributed by atoms with Gasteiger partial charge in [-0.05, 0) is 36.4 Å². The molecule has 0 unspecified atom stereocenters. The number of hydrogen-bond donors (Lipinski definition) is 0. The number of ether oxygens (including phenoxy) is 1. The van der Waals surface area contributed by atoms with Crippen molar-refractivity contribution < 1.29 is 4.74 Å². The number of halogens is 1. The van der Waals surface area contributed by atoms with Gasteiger partial charge in [-0.1, -0.05) is 88.4 Å². The molecule has 4 aromatic carbocycles. The van der Waals surface area contributed by atoms with Crippen molar-refractivity contribution in [2.45, 2.75) is 9.79 Å². The first-order valence-corrected chi connectivity index (χ1v) is 12.0. The molecule has 4 nitrogen and oxygen atoms in total. The lowest BCUT2D eigenvalue weighted by atomic mass is 10.1. The van der Waals surface area contributed by atoms with E-state index >= 15 is 0 Å². The highest BCUT2D eigenvalue weighted by molar-refractivity contribution is 9.10. The van der Waals surface area contributed by atoms with Crippen LogP contribution in [0, 0.1) is 0 Å². The number of aromatic nitrogens is 3. The fraction of sp³-hybridized carbons (Fsp3) is 0. The largest absolute Gasteiger partial charge is 0.454 e. The topological polar surface area (TPSA) is 47.9 Å². The number of nitrogens with zero attached hydrogens (tertiary/aromatic N) is 3. The molecule has 1 aromatic heterocycles. The molecule has 0 saturated heterocycles. The third kappa shape index (κ3) is 3.92. The van der Waals surface area contributed by atoms with E-state index in [0.717, 1.165) is 42.5 Å². The van der Waals surface area contributed by atoms with Crippen molar-refractivity contribution in [3.05, 3.63) is 102 Å². The van der Waals surface area contributed by atoms with Crippen LogP contribution in [0.2, 0.25) is 0 Å². The molecule has 158 valence electrons. The maximum Gasteiger partial charge on any atom is 0.167 e. The predicted molar refractivity (Wildman–Crippen MR) is 134 cm³/mol. The molecule has 0 radical (unpaired) electrons. The lowest BCUT2D eigenvalue weighted by Gasteiger charge is -2.21. The minimum Gasteiger partial charge on any atom is -0.454 e. The summed E-state index contributed by atoms with van der Waals surface area (Å²) in [5.41, 5.74) is 2.70. The van der Waals surface area contributed by atoms with Gasteiger partial charge in [0.25, 0.3) is 0 Å². The number of para-hydroxylation sites is 2. The quantitative estimate of drug-likeness (QED) is 0.242. The molecular weight excluding hydrogens is 494 g/mol. The molecule has 6 heteroatoms. The Hall–Kier alpha value is -3.48. The molecule has 0 aliphatic carbocycles. The molecule has 6 rings (SSSR count). The van der Waals surface area contributed by atoms with Crippen molar-refractivity contribution in [3.8, 4) is 45.7 Å². The first-order valence-electron chi connectivity index (χ1n) is 10.4. The lowest BCUT2D eigenvalue weighted by Crippen LogP contribution is -2.03. The zero-order valence-electron chi connectivity index (χ0n) is 17.3. The zero-order chi connectivity index (χ0) is 22.2. The van der Waals surface area contributed by atoms with Crippen LogP contribution in [0.25, 0.3) is 34.2 Å². The summed E-state index contributed by atoms with van der Waals surface area (Å²) in [7, 11) is 0. The van der Waals surface area contributed by atoms with Crippen molar-refractivity contribution in [2.24, 2.45) is 0 Å². The highest BCUT2D eigenvalue weighted by Gasteiger charge is 2.23. The average Bonchev–Trinajstić information content (AvgIpc) is 2.88. The van der Waals surface area contributed by atoms with E-state index in [1.807, 2.05) is 84.9 Å². The van der Waals surface area contributed by atoms with E-state index in [4.69, 9.17) is 19.7 Å². The van der Waals surface area contributed by atoms with Crippen molar-refractivity contribution >= 4 is 27.7 Å². The highest BCUT2D eigenvalue weighted by atomic mass is 79.9. The Morgan fingerprint density at radius 2 is 1.21 bits per heavy atom. The molecule has 5 aromatic rings. The van der Waals surface area contributed by atoms with Gasteiger partial charge in [-0.15, -0.1) is 0 Å². The Labute approximate surface area is 203 Å². The smallest absolute Gasteiger partial charge is 0.167 e. The highest BCUT2D eigenvalue weighted by Crippen LogP contribution is 2.50. The summed E-state index contributed by atoms with van der Waals surface area (Å²) in [6.45, 7) is 0. The number of hydrogen-bond acceptors (Lipinski definition) is 5. The Kier molecular flexibility index (Phi) is 5.17. The van der Waals surface area contributed by atoms with Gasteiger partial charge < -0.3 is 4.74 Å². The third-order valence-corrected chi connectivity index (χ3v) is 6.90. The van der Waals surface area contributed by atoms with Gasteiger partial charge in [-0.2, -0.15) is 0 Å². The predicted octanol–water partition coefficient (Wildman–Crippen LogP) is 7.89. The van der Waals surface area contributed by atoms with Crippen LogP contribution in [0.1, 0.15) is 0 Å². The van der Waals surface area contributed by atoms with Crippen molar-refractivity contribution in [1.29, 1.82) is 0 Å². The van der Waals surface area contributed by atoms with Crippen LogP contribution >= 0.6 is 27.7 Å². The zero-order valence-corrected chi connectivity index (χ0v) is 19.7. The van der Waals surface area contributed by atoms with Gasteiger partial charge in [0.2, 0.25) is 0 Å². The van der Waals surface area contributed by atoms with Crippen molar-refractivity contribution in [2.75, 3.05) is 0 Å².